The van der Waals surface area contributed by atoms with E-state index in [1.165, 1.54) is 32.1 Å². The van der Waals surface area contributed by atoms with Gasteiger partial charge in [0.15, 0.2) is 5.13 Å². The Morgan fingerprint density at radius 1 is 1.04 bits per heavy atom. The molecule has 0 atom stereocenters. The standard InChI is InChI=1S/C19H21N3OS/c1-2-4-14(5-3-1)13-21-19-22-17-7-6-16(12-18(17)24-19)23-15-8-10-20-11-9-15/h6-12,14H,1-5,13H2,(H,21,22). The number of thiazole rings is 1. The lowest BCUT2D eigenvalue weighted by Gasteiger charge is -2.21. The van der Waals surface area contributed by atoms with Crippen molar-refractivity contribution >= 4 is 26.7 Å². The van der Waals surface area contributed by atoms with Crippen LogP contribution in [0, 0.1) is 5.92 Å². The molecule has 1 aliphatic rings. The number of anilines is 1. The molecule has 4 nitrogen and oxygen atoms in total. The van der Waals surface area contributed by atoms with Gasteiger partial charge in [-0.1, -0.05) is 30.6 Å². The molecule has 0 radical (unpaired) electrons. The van der Waals surface area contributed by atoms with Crippen molar-refractivity contribution < 1.29 is 4.74 Å². The first-order valence-electron chi connectivity index (χ1n) is 8.59. The average molecular weight is 339 g/mol. The average Bonchev–Trinajstić information content (AvgIpc) is 3.04. The smallest absolute Gasteiger partial charge is 0.183 e. The molecule has 0 amide bonds. The molecule has 124 valence electrons. The Morgan fingerprint density at radius 3 is 2.71 bits per heavy atom. The van der Waals surface area contributed by atoms with Gasteiger partial charge in [-0.15, -0.1) is 0 Å². The highest BCUT2D eigenvalue weighted by Gasteiger charge is 2.14. The zero-order valence-electron chi connectivity index (χ0n) is 13.6. The van der Waals surface area contributed by atoms with E-state index in [1.807, 2.05) is 24.3 Å². The molecule has 2 aromatic heterocycles. The summed E-state index contributed by atoms with van der Waals surface area (Å²) in [5, 5.41) is 4.54. The first kappa shape index (κ1) is 15.4. The Morgan fingerprint density at radius 2 is 1.88 bits per heavy atom. The monoisotopic (exact) mass is 339 g/mol. The van der Waals surface area contributed by atoms with Gasteiger partial charge in [0.05, 0.1) is 10.2 Å². The number of pyridine rings is 1. The van der Waals surface area contributed by atoms with Gasteiger partial charge in [-0.05, 0) is 43.0 Å². The molecule has 1 aliphatic carbocycles. The van der Waals surface area contributed by atoms with E-state index >= 15 is 0 Å². The summed E-state index contributed by atoms with van der Waals surface area (Å²) in [4.78, 5) is 8.69. The summed E-state index contributed by atoms with van der Waals surface area (Å²) in [6, 6.07) is 9.75. The minimum absolute atomic E-state index is 0.796. The maximum absolute atomic E-state index is 5.87. The minimum atomic E-state index is 0.796. The molecular formula is C19H21N3OS. The van der Waals surface area contributed by atoms with Gasteiger partial charge in [-0.25, -0.2) is 4.98 Å². The van der Waals surface area contributed by atoms with Crippen molar-refractivity contribution in [3.8, 4) is 11.5 Å². The Labute approximate surface area is 145 Å². The summed E-state index contributed by atoms with van der Waals surface area (Å²) in [6.07, 6.45) is 10.3. The highest BCUT2D eigenvalue weighted by atomic mass is 32.1. The van der Waals surface area contributed by atoms with Gasteiger partial charge in [0.2, 0.25) is 0 Å². The molecule has 3 aromatic rings. The zero-order chi connectivity index (χ0) is 16.2. The molecule has 0 saturated heterocycles. The SMILES string of the molecule is c1cc(Oc2ccc3nc(NCC4CCCCC4)sc3c2)ccn1. The van der Waals surface area contributed by atoms with E-state index in [-0.39, 0.29) is 0 Å². The molecule has 2 heterocycles. The molecule has 1 N–H and O–H groups in total. The van der Waals surface area contributed by atoms with Crippen molar-refractivity contribution in [2.24, 2.45) is 5.92 Å². The largest absolute Gasteiger partial charge is 0.457 e. The Balaban J connectivity index is 1.44. The maximum Gasteiger partial charge on any atom is 0.183 e. The fraction of sp³-hybridized carbons (Fsp3) is 0.368. The molecular weight excluding hydrogens is 318 g/mol. The summed E-state index contributed by atoms with van der Waals surface area (Å²) < 4.78 is 7.02. The number of hydrogen-bond donors (Lipinski definition) is 1. The lowest BCUT2D eigenvalue weighted by molar-refractivity contribution is 0.373. The highest BCUT2D eigenvalue weighted by molar-refractivity contribution is 7.22. The van der Waals surface area contributed by atoms with Crippen LogP contribution in [0.3, 0.4) is 0 Å². The van der Waals surface area contributed by atoms with E-state index < -0.39 is 0 Å². The number of aromatic nitrogens is 2. The van der Waals surface area contributed by atoms with Crippen molar-refractivity contribution in [3.63, 3.8) is 0 Å². The first-order valence-corrected chi connectivity index (χ1v) is 9.41. The van der Waals surface area contributed by atoms with Crippen LogP contribution in [-0.4, -0.2) is 16.5 Å². The second-order valence-electron chi connectivity index (χ2n) is 6.32. The van der Waals surface area contributed by atoms with Gasteiger partial charge in [0.1, 0.15) is 11.5 Å². The topological polar surface area (TPSA) is 47.0 Å². The lowest BCUT2D eigenvalue weighted by Crippen LogP contribution is -2.16. The molecule has 5 heteroatoms. The van der Waals surface area contributed by atoms with Gasteiger partial charge in [0, 0.05) is 25.0 Å². The molecule has 1 saturated carbocycles. The Kier molecular flexibility index (Phi) is 4.60. The summed E-state index contributed by atoms with van der Waals surface area (Å²) in [7, 11) is 0. The normalized spacial score (nSPS) is 15.5. The van der Waals surface area contributed by atoms with Crippen LogP contribution in [0.15, 0.2) is 42.7 Å². The molecule has 1 aromatic carbocycles. The third kappa shape index (κ3) is 3.67. The van der Waals surface area contributed by atoms with E-state index in [2.05, 4.69) is 21.4 Å². The van der Waals surface area contributed by atoms with Gasteiger partial charge in [0.25, 0.3) is 0 Å². The fourth-order valence-electron chi connectivity index (χ4n) is 3.21. The van der Waals surface area contributed by atoms with Gasteiger partial charge >= 0.3 is 0 Å². The summed E-state index contributed by atoms with van der Waals surface area (Å²) in [5.74, 6) is 2.43. The van der Waals surface area contributed by atoms with E-state index in [4.69, 9.17) is 4.74 Å². The van der Waals surface area contributed by atoms with Crippen LogP contribution in [0.25, 0.3) is 10.2 Å². The van der Waals surface area contributed by atoms with Gasteiger partial charge in [-0.2, -0.15) is 0 Å². The van der Waals surface area contributed by atoms with Crippen molar-refractivity contribution in [1.29, 1.82) is 0 Å². The van der Waals surface area contributed by atoms with Crippen molar-refractivity contribution in [2.75, 3.05) is 11.9 Å². The van der Waals surface area contributed by atoms with Crippen LogP contribution in [0.4, 0.5) is 5.13 Å². The van der Waals surface area contributed by atoms with Crippen LogP contribution >= 0.6 is 11.3 Å². The quantitative estimate of drug-likeness (QED) is 0.669. The Bertz CT molecular complexity index is 797. The van der Waals surface area contributed by atoms with Gasteiger partial charge in [-0.3, -0.25) is 4.98 Å². The summed E-state index contributed by atoms with van der Waals surface area (Å²) in [5.41, 5.74) is 1.02. The number of hydrogen-bond acceptors (Lipinski definition) is 5. The summed E-state index contributed by atoms with van der Waals surface area (Å²) >= 11 is 1.70. The predicted octanol–water partition coefficient (Wildman–Crippen LogP) is 5.48. The predicted molar refractivity (Wildman–Crippen MR) is 99.0 cm³/mol. The molecule has 0 unspecified atom stereocenters. The van der Waals surface area contributed by atoms with E-state index in [0.29, 0.717) is 0 Å². The molecule has 0 aliphatic heterocycles. The molecule has 24 heavy (non-hydrogen) atoms. The number of nitrogens with one attached hydrogen (secondary N) is 1. The lowest BCUT2D eigenvalue weighted by atomic mass is 9.89. The third-order valence-electron chi connectivity index (χ3n) is 4.51. The van der Waals surface area contributed by atoms with Crippen molar-refractivity contribution in [2.45, 2.75) is 32.1 Å². The van der Waals surface area contributed by atoms with Crippen molar-refractivity contribution in [3.05, 3.63) is 42.7 Å². The minimum Gasteiger partial charge on any atom is -0.457 e. The van der Waals surface area contributed by atoms with E-state index in [9.17, 15) is 0 Å². The van der Waals surface area contributed by atoms with Crippen molar-refractivity contribution in [1.82, 2.24) is 9.97 Å². The summed E-state index contributed by atoms with van der Waals surface area (Å²) in [6.45, 7) is 1.04. The van der Waals surface area contributed by atoms with Gasteiger partial charge < -0.3 is 10.1 Å². The zero-order valence-corrected chi connectivity index (χ0v) is 14.4. The van der Waals surface area contributed by atoms with Crippen LogP contribution in [0.2, 0.25) is 0 Å². The van der Waals surface area contributed by atoms with E-state index in [1.54, 1.807) is 23.7 Å². The first-order chi connectivity index (χ1) is 11.9. The highest BCUT2D eigenvalue weighted by Crippen LogP contribution is 2.32. The Hall–Kier alpha value is -2.14. The van der Waals surface area contributed by atoms with Crippen LogP contribution in [-0.2, 0) is 0 Å². The second kappa shape index (κ2) is 7.18. The van der Waals surface area contributed by atoms with Crippen LogP contribution in [0.1, 0.15) is 32.1 Å². The van der Waals surface area contributed by atoms with Crippen LogP contribution in [0.5, 0.6) is 11.5 Å². The second-order valence-corrected chi connectivity index (χ2v) is 7.35. The molecule has 0 bridgehead atoms. The maximum atomic E-state index is 5.87. The van der Waals surface area contributed by atoms with E-state index in [0.717, 1.165) is 39.3 Å². The fourth-order valence-corrected chi connectivity index (χ4v) is 4.11. The number of benzene rings is 1. The number of nitrogens with zero attached hydrogens (tertiary/aromatic N) is 2. The van der Waals surface area contributed by atoms with Crippen LogP contribution < -0.4 is 10.1 Å². The molecule has 4 rings (SSSR count). The number of fused-ring (bicyclic) bond motifs is 1. The molecule has 1 fully saturated rings. The third-order valence-corrected chi connectivity index (χ3v) is 5.49. The number of ether oxygens (including phenoxy) is 1. The molecule has 0 spiro atoms. The number of rotatable bonds is 5.